The van der Waals surface area contributed by atoms with E-state index in [9.17, 15) is 4.79 Å². The van der Waals surface area contributed by atoms with Crippen LogP contribution >= 0.6 is 0 Å². The van der Waals surface area contributed by atoms with Gasteiger partial charge in [0.25, 0.3) is 0 Å². The Morgan fingerprint density at radius 1 is 1.38 bits per heavy atom. The van der Waals surface area contributed by atoms with Crippen molar-refractivity contribution in [3.8, 4) is 5.75 Å². The van der Waals surface area contributed by atoms with Crippen molar-refractivity contribution in [1.29, 1.82) is 0 Å². The number of carbonyl (C=O) groups excluding carboxylic acids is 1. The minimum absolute atomic E-state index is 0.0957. The van der Waals surface area contributed by atoms with Crippen LogP contribution in [0, 0.1) is 12.8 Å². The number of benzene rings is 1. The van der Waals surface area contributed by atoms with Crippen LogP contribution in [0.3, 0.4) is 0 Å². The molecule has 1 aromatic rings. The standard InChI is InChI=1S/C17H28N2O2/c1-3-15(9-10-18)7-8-17(20)19-11-12-21-16-6-4-5-14(2)13-16/h4-6,13,15H,3,7-12,18H2,1-2H3,(H,19,20). The summed E-state index contributed by atoms with van der Waals surface area (Å²) in [6, 6.07) is 7.90. The molecule has 4 heteroatoms. The van der Waals surface area contributed by atoms with Gasteiger partial charge in [-0.2, -0.15) is 0 Å². The second-order valence-electron chi connectivity index (χ2n) is 5.41. The SMILES string of the molecule is CCC(CCN)CCC(=O)NCCOc1cccc(C)c1. The van der Waals surface area contributed by atoms with Crippen LogP contribution in [0.4, 0.5) is 0 Å². The van der Waals surface area contributed by atoms with Gasteiger partial charge in [-0.15, -0.1) is 0 Å². The maximum absolute atomic E-state index is 11.7. The van der Waals surface area contributed by atoms with E-state index in [4.69, 9.17) is 10.5 Å². The molecular weight excluding hydrogens is 264 g/mol. The first-order valence-electron chi connectivity index (χ1n) is 7.82. The van der Waals surface area contributed by atoms with Gasteiger partial charge in [-0.25, -0.2) is 0 Å². The quantitative estimate of drug-likeness (QED) is 0.652. The minimum Gasteiger partial charge on any atom is -0.492 e. The third kappa shape index (κ3) is 7.71. The molecule has 0 aliphatic carbocycles. The van der Waals surface area contributed by atoms with Gasteiger partial charge in [0, 0.05) is 6.42 Å². The Hall–Kier alpha value is -1.55. The van der Waals surface area contributed by atoms with Crippen LogP contribution in [0.1, 0.15) is 38.2 Å². The van der Waals surface area contributed by atoms with E-state index in [0.29, 0.717) is 32.0 Å². The molecule has 1 atom stereocenters. The molecular formula is C17H28N2O2. The maximum atomic E-state index is 11.7. The lowest BCUT2D eigenvalue weighted by atomic mass is 9.96. The summed E-state index contributed by atoms with van der Waals surface area (Å²) in [5.74, 6) is 1.50. The molecule has 21 heavy (non-hydrogen) atoms. The highest BCUT2D eigenvalue weighted by Gasteiger charge is 2.08. The van der Waals surface area contributed by atoms with Crippen molar-refractivity contribution >= 4 is 5.91 Å². The largest absolute Gasteiger partial charge is 0.492 e. The highest BCUT2D eigenvalue weighted by atomic mass is 16.5. The third-order valence-electron chi connectivity index (χ3n) is 3.61. The van der Waals surface area contributed by atoms with Crippen molar-refractivity contribution in [2.45, 2.75) is 39.5 Å². The molecule has 1 unspecified atom stereocenters. The average Bonchev–Trinajstić information content (AvgIpc) is 2.48. The fraction of sp³-hybridized carbons (Fsp3) is 0.588. The van der Waals surface area contributed by atoms with Gasteiger partial charge in [-0.05, 0) is 49.9 Å². The summed E-state index contributed by atoms with van der Waals surface area (Å²) in [4.78, 5) is 11.7. The third-order valence-corrected chi connectivity index (χ3v) is 3.61. The van der Waals surface area contributed by atoms with Crippen LogP contribution in [0.15, 0.2) is 24.3 Å². The molecule has 0 aliphatic rings. The lowest BCUT2D eigenvalue weighted by Crippen LogP contribution is -2.28. The van der Waals surface area contributed by atoms with E-state index in [1.54, 1.807) is 0 Å². The maximum Gasteiger partial charge on any atom is 0.220 e. The predicted octanol–water partition coefficient (Wildman–Crippen LogP) is 2.65. The summed E-state index contributed by atoms with van der Waals surface area (Å²) in [5, 5.41) is 2.89. The average molecular weight is 292 g/mol. The topological polar surface area (TPSA) is 64.4 Å². The molecule has 0 fully saturated rings. The van der Waals surface area contributed by atoms with Crippen LogP contribution in [0.5, 0.6) is 5.75 Å². The summed E-state index contributed by atoms with van der Waals surface area (Å²) in [6.45, 7) is 5.91. The van der Waals surface area contributed by atoms with E-state index in [0.717, 1.165) is 25.0 Å². The Balaban J connectivity index is 2.13. The molecule has 0 heterocycles. The molecule has 0 saturated heterocycles. The predicted molar refractivity (Wildman–Crippen MR) is 86.4 cm³/mol. The summed E-state index contributed by atoms with van der Waals surface area (Å²) in [6.07, 6.45) is 3.57. The number of nitrogens with one attached hydrogen (secondary N) is 1. The summed E-state index contributed by atoms with van der Waals surface area (Å²) < 4.78 is 5.59. The summed E-state index contributed by atoms with van der Waals surface area (Å²) >= 11 is 0. The fourth-order valence-electron chi connectivity index (χ4n) is 2.28. The lowest BCUT2D eigenvalue weighted by molar-refractivity contribution is -0.121. The van der Waals surface area contributed by atoms with Gasteiger partial charge in [-0.1, -0.05) is 25.5 Å². The smallest absolute Gasteiger partial charge is 0.220 e. The van der Waals surface area contributed by atoms with Crippen molar-refractivity contribution in [3.63, 3.8) is 0 Å². The monoisotopic (exact) mass is 292 g/mol. The van der Waals surface area contributed by atoms with E-state index >= 15 is 0 Å². The second kappa shape index (κ2) is 10.2. The highest BCUT2D eigenvalue weighted by Crippen LogP contribution is 2.14. The van der Waals surface area contributed by atoms with Crippen molar-refractivity contribution in [2.75, 3.05) is 19.7 Å². The number of hydrogen-bond donors (Lipinski definition) is 2. The fourth-order valence-corrected chi connectivity index (χ4v) is 2.28. The first-order chi connectivity index (χ1) is 10.2. The molecule has 0 aliphatic heterocycles. The van der Waals surface area contributed by atoms with E-state index in [-0.39, 0.29) is 5.91 Å². The molecule has 118 valence electrons. The molecule has 0 aromatic heterocycles. The number of ether oxygens (including phenoxy) is 1. The Bertz CT molecular complexity index is 421. The number of aryl methyl sites for hydroxylation is 1. The lowest BCUT2D eigenvalue weighted by Gasteiger charge is -2.13. The minimum atomic E-state index is 0.0957. The number of hydrogen-bond acceptors (Lipinski definition) is 3. The zero-order valence-corrected chi connectivity index (χ0v) is 13.2. The zero-order valence-electron chi connectivity index (χ0n) is 13.2. The van der Waals surface area contributed by atoms with Crippen LogP contribution in [0.25, 0.3) is 0 Å². The number of rotatable bonds is 10. The molecule has 0 saturated carbocycles. The van der Waals surface area contributed by atoms with Crippen LogP contribution in [-0.2, 0) is 4.79 Å². The summed E-state index contributed by atoms with van der Waals surface area (Å²) in [5.41, 5.74) is 6.73. The Labute approximate surface area is 128 Å². The highest BCUT2D eigenvalue weighted by molar-refractivity contribution is 5.75. The van der Waals surface area contributed by atoms with Crippen LogP contribution < -0.4 is 15.8 Å². The van der Waals surface area contributed by atoms with Gasteiger partial charge in [0.15, 0.2) is 0 Å². The van der Waals surface area contributed by atoms with Gasteiger partial charge >= 0.3 is 0 Å². The number of amides is 1. The van der Waals surface area contributed by atoms with E-state index in [2.05, 4.69) is 12.2 Å². The number of nitrogens with two attached hydrogens (primary N) is 1. The van der Waals surface area contributed by atoms with E-state index in [1.165, 1.54) is 5.56 Å². The van der Waals surface area contributed by atoms with Crippen molar-refractivity contribution in [1.82, 2.24) is 5.32 Å². The van der Waals surface area contributed by atoms with E-state index in [1.807, 2.05) is 31.2 Å². The molecule has 0 radical (unpaired) electrons. The van der Waals surface area contributed by atoms with Crippen molar-refractivity contribution < 1.29 is 9.53 Å². The molecule has 1 aromatic carbocycles. The van der Waals surface area contributed by atoms with Gasteiger partial charge in [0.05, 0.1) is 6.54 Å². The van der Waals surface area contributed by atoms with Crippen LogP contribution in [-0.4, -0.2) is 25.6 Å². The number of carbonyl (C=O) groups is 1. The second-order valence-corrected chi connectivity index (χ2v) is 5.41. The van der Waals surface area contributed by atoms with Crippen molar-refractivity contribution in [2.24, 2.45) is 11.7 Å². The molecule has 1 rings (SSSR count). The van der Waals surface area contributed by atoms with Crippen molar-refractivity contribution in [3.05, 3.63) is 29.8 Å². The first kappa shape index (κ1) is 17.5. The molecule has 3 N–H and O–H groups in total. The molecule has 1 amide bonds. The van der Waals surface area contributed by atoms with Gasteiger partial charge in [-0.3, -0.25) is 4.79 Å². The van der Waals surface area contributed by atoms with Gasteiger partial charge in [0.1, 0.15) is 12.4 Å². The molecule has 0 spiro atoms. The Morgan fingerprint density at radius 3 is 2.86 bits per heavy atom. The van der Waals surface area contributed by atoms with E-state index < -0.39 is 0 Å². The Kier molecular flexibility index (Phi) is 8.51. The summed E-state index contributed by atoms with van der Waals surface area (Å²) in [7, 11) is 0. The first-order valence-corrected chi connectivity index (χ1v) is 7.82. The normalized spacial score (nSPS) is 12.0. The molecule has 0 bridgehead atoms. The molecule has 4 nitrogen and oxygen atoms in total. The zero-order chi connectivity index (χ0) is 15.5. The van der Waals surface area contributed by atoms with Crippen LogP contribution in [0.2, 0.25) is 0 Å². The van der Waals surface area contributed by atoms with Gasteiger partial charge < -0.3 is 15.8 Å². The van der Waals surface area contributed by atoms with Gasteiger partial charge in [0.2, 0.25) is 5.91 Å². The Morgan fingerprint density at radius 2 is 2.19 bits per heavy atom.